The molecule has 1 saturated heterocycles. The Morgan fingerprint density at radius 3 is 2.82 bits per heavy atom. The van der Waals surface area contributed by atoms with Gasteiger partial charge in [0.2, 0.25) is 5.91 Å². The van der Waals surface area contributed by atoms with E-state index in [1.54, 1.807) is 0 Å². The molecule has 0 spiro atoms. The molecule has 4 nitrogen and oxygen atoms in total. The second-order valence-corrected chi connectivity index (χ2v) is 5.92. The highest BCUT2D eigenvalue weighted by atomic mass is 35.5. The van der Waals surface area contributed by atoms with Crippen LogP contribution in [-0.4, -0.2) is 43.9 Å². The minimum Gasteiger partial charge on any atom is -0.480 e. The van der Waals surface area contributed by atoms with Crippen molar-refractivity contribution in [1.82, 2.24) is 4.90 Å². The van der Waals surface area contributed by atoms with Gasteiger partial charge in [0.15, 0.2) is 0 Å². The third kappa shape index (κ3) is 3.56. The maximum atomic E-state index is 12.0. The summed E-state index contributed by atoms with van der Waals surface area (Å²) >= 11 is 12.0. The molecule has 1 aliphatic rings. The van der Waals surface area contributed by atoms with E-state index in [0.29, 0.717) is 10.2 Å². The average molecular weight is 296 g/mol. The fourth-order valence-electron chi connectivity index (χ4n) is 1.75. The third-order valence-electron chi connectivity index (χ3n) is 2.68. The fraction of sp³-hybridized carbons (Fsp3) is 0.700. The van der Waals surface area contributed by atoms with Crippen LogP contribution in [0.3, 0.4) is 0 Å². The maximum Gasteiger partial charge on any atom is 0.323 e. The van der Waals surface area contributed by atoms with Crippen LogP contribution in [0.1, 0.15) is 19.8 Å². The van der Waals surface area contributed by atoms with Gasteiger partial charge in [0.05, 0.1) is 5.25 Å². The van der Waals surface area contributed by atoms with Crippen LogP contribution < -0.4 is 0 Å². The summed E-state index contributed by atoms with van der Waals surface area (Å²) in [6.45, 7) is 1.65. The smallest absolute Gasteiger partial charge is 0.323 e. The van der Waals surface area contributed by atoms with Gasteiger partial charge >= 0.3 is 5.97 Å². The number of carboxylic acid groups (broad SMARTS) is 1. The number of carbonyl (C=O) groups is 2. The number of alkyl halides is 1. The van der Waals surface area contributed by atoms with Crippen molar-refractivity contribution in [3.8, 4) is 0 Å². The highest BCUT2D eigenvalue weighted by Gasteiger charge is 2.41. The first-order chi connectivity index (χ1) is 8.01. The number of nitrogens with zero attached hydrogens (tertiary/aromatic N) is 1. The molecule has 0 radical (unpaired) electrons. The minimum absolute atomic E-state index is 0.154. The van der Waals surface area contributed by atoms with Crippen molar-refractivity contribution >= 4 is 51.8 Å². The normalized spacial score (nSPS) is 22.0. The second-order valence-electron chi connectivity index (χ2n) is 3.77. The molecule has 0 aliphatic carbocycles. The number of carboxylic acids is 1. The molecule has 0 aromatic rings. The van der Waals surface area contributed by atoms with Crippen molar-refractivity contribution in [2.24, 2.45) is 5.92 Å². The Morgan fingerprint density at radius 1 is 1.71 bits per heavy atom. The summed E-state index contributed by atoms with van der Waals surface area (Å²) in [5, 5.41) is 8.44. The van der Waals surface area contributed by atoms with Gasteiger partial charge in [-0.25, -0.2) is 0 Å². The van der Waals surface area contributed by atoms with E-state index in [4.69, 9.17) is 28.9 Å². The highest BCUT2D eigenvalue weighted by Crippen LogP contribution is 2.35. The number of carbonyl (C=O) groups excluding carboxylic acids is 1. The largest absolute Gasteiger partial charge is 0.480 e. The molecule has 1 rings (SSSR count). The first kappa shape index (κ1) is 14.7. The molecular weight excluding hydrogens is 282 g/mol. The molecule has 17 heavy (non-hydrogen) atoms. The zero-order valence-electron chi connectivity index (χ0n) is 9.39. The van der Waals surface area contributed by atoms with E-state index < -0.39 is 5.97 Å². The van der Waals surface area contributed by atoms with E-state index in [9.17, 15) is 9.59 Å². The van der Waals surface area contributed by atoms with Gasteiger partial charge in [-0.3, -0.25) is 14.5 Å². The Bertz CT molecular complexity index is 338. The molecule has 1 aliphatic heterocycles. The molecule has 0 aromatic carbocycles. The highest BCUT2D eigenvalue weighted by molar-refractivity contribution is 8.24. The lowest BCUT2D eigenvalue weighted by Gasteiger charge is -2.18. The summed E-state index contributed by atoms with van der Waals surface area (Å²) in [5.41, 5.74) is 0. The summed E-state index contributed by atoms with van der Waals surface area (Å²) in [5.74, 6) is -0.595. The lowest BCUT2D eigenvalue weighted by molar-refractivity contribution is -0.141. The first-order valence-corrected chi connectivity index (χ1v) is 7.13. The molecule has 0 saturated carbocycles. The molecule has 2 atom stereocenters. The molecule has 1 amide bonds. The van der Waals surface area contributed by atoms with Crippen molar-refractivity contribution < 1.29 is 14.7 Å². The lowest BCUT2D eigenvalue weighted by atomic mass is 9.98. The van der Waals surface area contributed by atoms with Crippen LogP contribution in [0.5, 0.6) is 0 Å². The van der Waals surface area contributed by atoms with Crippen molar-refractivity contribution in [3.63, 3.8) is 0 Å². The summed E-state index contributed by atoms with van der Waals surface area (Å²) < 4.78 is 0.357. The van der Waals surface area contributed by atoms with Crippen LogP contribution in [-0.2, 0) is 9.59 Å². The predicted molar refractivity (Wildman–Crippen MR) is 72.4 cm³/mol. The first-order valence-electron chi connectivity index (χ1n) is 5.31. The Labute approximate surface area is 115 Å². The molecular formula is C10H14ClNO3S2. The van der Waals surface area contributed by atoms with E-state index in [2.05, 4.69) is 0 Å². The van der Waals surface area contributed by atoms with Crippen LogP contribution in [0.2, 0.25) is 0 Å². The number of hydrogen-bond acceptors (Lipinski definition) is 4. The third-order valence-corrected chi connectivity index (χ3v) is 4.67. The zero-order chi connectivity index (χ0) is 13.0. The summed E-state index contributed by atoms with van der Waals surface area (Å²) in [6.07, 6.45) is 1.57. The number of amides is 1. The Morgan fingerprint density at radius 2 is 2.35 bits per heavy atom. The van der Waals surface area contributed by atoms with Crippen LogP contribution in [0.4, 0.5) is 0 Å². The van der Waals surface area contributed by atoms with Gasteiger partial charge in [0, 0.05) is 5.88 Å². The molecule has 0 aromatic heterocycles. The number of thioether (sulfide) groups is 1. The van der Waals surface area contributed by atoms with E-state index in [1.165, 1.54) is 16.7 Å². The summed E-state index contributed by atoms with van der Waals surface area (Å²) in [7, 11) is 0. The second kappa shape index (κ2) is 6.56. The number of aliphatic carboxylic acids is 1. The topological polar surface area (TPSA) is 57.6 Å². The van der Waals surface area contributed by atoms with E-state index in [1.807, 2.05) is 6.92 Å². The SMILES string of the molecule is CCC(CCCl)C1SC(=S)N(CC(=O)O)C1=O. The van der Waals surface area contributed by atoms with Gasteiger partial charge in [-0.05, 0) is 12.3 Å². The predicted octanol–water partition coefficient (Wildman–Crippen LogP) is 1.96. The maximum absolute atomic E-state index is 12.0. The monoisotopic (exact) mass is 295 g/mol. The fourth-order valence-corrected chi connectivity index (χ4v) is 3.75. The molecule has 2 unspecified atom stereocenters. The summed E-state index contributed by atoms with van der Waals surface area (Å²) in [6, 6.07) is 0. The number of thiocarbonyl (C=S) groups is 1. The number of rotatable bonds is 6. The Hall–Kier alpha value is -0.330. The van der Waals surface area contributed by atoms with Crippen molar-refractivity contribution in [3.05, 3.63) is 0 Å². The van der Waals surface area contributed by atoms with Crippen LogP contribution in [0.15, 0.2) is 0 Å². The van der Waals surface area contributed by atoms with Gasteiger partial charge < -0.3 is 5.11 Å². The van der Waals surface area contributed by atoms with Gasteiger partial charge in [-0.1, -0.05) is 37.3 Å². The van der Waals surface area contributed by atoms with Crippen molar-refractivity contribution in [2.75, 3.05) is 12.4 Å². The Kier molecular flexibility index (Phi) is 5.69. The van der Waals surface area contributed by atoms with E-state index >= 15 is 0 Å². The van der Waals surface area contributed by atoms with Gasteiger partial charge in [0.25, 0.3) is 0 Å². The lowest BCUT2D eigenvalue weighted by Crippen LogP contribution is -2.37. The van der Waals surface area contributed by atoms with Gasteiger partial charge in [-0.15, -0.1) is 11.6 Å². The van der Waals surface area contributed by atoms with Crippen LogP contribution in [0, 0.1) is 5.92 Å². The van der Waals surface area contributed by atoms with Crippen LogP contribution in [0.25, 0.3) is 0 Å². The minimum atomic E-state index is -1.05. The summed E-state index contributed by atoms with van der Waals surface area (Å²) in [4.78, 5) is 23.8. The number of hydrogen-bond donors (Lipinski definition) is 1. The molecule has 1 heterocycles. The van der Waals surface area contributed by atoms with Crippen LogP contribution >= 0.6 is 35.6 Å². The molecule has 0 bridgehead atoms. The molecule has 96 valence electrons. The standard InChI is InChI=1S/C10H14ClNO3S2/c1-2-6(3-4-11)8-9(15)12(5-7(13)14)10(16)17-8/h6,8H,2-5H2,1H3,(H,13,14). The van der Waals surface area contributed by atoms with Gasteiger partial charge in [-0.2, -0.15) is 0 Å². The van der Waals surface area contributed by atoms with Gasteiger partial charge in [0.1, 0.15) is 10.9 Å². The average Bonchev–Trinajstić information content (AvgIpc) is 2.53. The number of halogens is 1. The quantitative estimate of drug-likeness (QED) is 0.599. The van der Waals surface area contributed by atoms with E-state index in [0.717, 1.165) is 12.8 Å². The van der Waals surface area contributed by atoms with E-state index in [-0.39, 0.29) is 23.6 Å². The molecule has 7 heteroatoms. The van der Waals surface area contributed by atoms with Crippen molar-refractivity contribution in [2.45, 2.75) is 25.0 Å². The molecule has 1 fully saturated rings. The zero-order valence-corrected chi connectivity index (χ0v) is 11.8. The molecule has 1 N–H and O–H groups in total. The Balaban J connectivity index is 2.75. The van der Waals surface area contributed by atoms with Crippen molar-refractivity contribution in [1.29, 1.82) is 0 Å².